The fourth-order valence-electron chi connectivity index (χ4n) is 2.24. The van der Waals surface area contributed by atoms with Gasteiger partial charge in [0.15, 0.2) is 0 Å². The highest BCUT2D eigenvalue weighted by Gasteiger charge is 2.09. The van der Waals surface area contributed by atoms with Gasteiger partial charge in [0, 0.05) is 11.9 Å². The molecule has 4 nitrogen and oxygen atoms in total. The zero-order valence-electron chi connectivity index (χ0n) is 14.2. The van der Waals surface area contributed by atoms with E-state index < -0.39 is 0 Å². The molecule has 3 aromatic rings. The second kappa shape index (κ2) is 9.08. The molecule has 0 amide bonds. The minimum atomic E-state index is 0.643. The SMILES string of the molecule is CCCCN=c1scc(-c2ccc(Br)s2)n1/N=C/c1ccc(C#N)cc1. The van der Waals surface area contributed by atoms with Crippen molar-refractivity contribution in [2.45, 2.75) is 19.8 Å². The predicted octanol–water partition coefficient (Wildman–Crippen LogP) is 5.50. The van der Waals surface area contributed by atoms with Crippen molar-refractivity contribution in [1.29, 1.82) is 5.26 Å². The number of nitriles is 1. The van der Waals surface area contributed by atoms with Gasteiger partial charge in [0.05, 0.1) is 32.2 Å². The lowest BCUT2D eigenvalue weighted by molar-refractivity contribution is 0.764. The van der Waals surface area contributed by atoms with Crippen molar-refractivity contribution in [2.24, 2.45) is 10.1 Å². The molecule has 0 spiro atoms. The first kappa shape index (κ1) is 18.8. The molecule has 7 heteroatoms. The molecule has 0 saturated heterocycles. The average Bonchev–Trinajstić information content (AvgIpc) is 3.26. The predicted molar refractivity (Wildman–Crippen MR) is 113 cm³/mol. The van der Waals surface area contributed by atoms with Crippen molar-refractivity contribution in [1.82, 2.24) is 4.68 Å². The van der Waals surface area contributed by atoms with Crippen LogP contribution >= 0.6 is 38.6 Å². The molecule has 0 unspecified atom stereocenters. The van der Waals surface area contributed by atoms with Gasteiger partial charge in [-0.3, -0.25) is 4.99 Å². The van der Waals surface area contributed by atoms with Crippen molar-refractivity contribution in [2.75, 3.05) is 6.54 Å². The first-order valence-corrected chi connectivity index (χ1v) is 10.7. The molecule has 0 atom stereocenters. The van der Waals surface area contributed by atoms with E-state index in [0.717, 1.165) is 44.1 Å². The van der Waals surface area contributed by atoms with E-state index >= 15 is 0 Å². The third-order valence-corrected chi connectivity index (χ3v) is 6.13. The van der Waals surface area contributed by atoms with Crippen molar-refractivity contribution < 1.29 is 0 Å². The Bertz CT molecular complexity index is 1000. The number of thiazole rings is 1. The number of thiophene rings is 1. The molecule has 3 rings (SSSR count). The van der Waals surface area contributed by atoms with Crippen LogP contribution < -0.4 is 4.80 Å². The molecule has 0 radical (unpaired) electrons. The summed E-state index contributed by atoms with van der Waals surface area (Å²) in [7, 11) is 0. The lowest BCUT2D eigenvalue weighted by Crippen LogP contribution is -2.12. The molecule has 0 saturated carbocycles. The minimum absolute atomic E-state index is 0.643. The lowest BCUT2D eigenvalue weighted by Gasteiger charge is -2.01. The summed E-state index contributed by atoms with van der Waals surface area (Å²) in [5, 5.41) is 15.7. The van der Waals surface area contributed by atoms with Gasteiger partial charge >= 0.3 is 0 Å². The normalized spacial score (nSPS) is 12.0. The Morgan fingerprint density at radius 3 is 2.69 bits per heavy atom. The Kier molecular flexibility index (Phi) is 6.56. The Balaban J connectivity index is 1.98. The fraction of sp³-hybridized carbons (Fsp3) is 0.211. The Morgan fingerprint density at radius 1 is 1.23 bits per heavy atom. The zero-order valence-corrected chi connectivity index (χ0v) is 17.4. The van der Waals surface area contributed by atoms with Crippen LogP contribution in [0.2, 0.25) is 0 Å². The number of hydrogen-bond donors (Lipinski definition) is 0. The smallest absolute Gasteiger partial charge is 0.206 e. The maximum Gasteiger partial charge on any atom is 0.206 e. The highest BCUT2D eigenvalue weighted by atomic mass is 79.9. The fourth-order valence-corrected chi connectivity index (χ4v) is 4.56. The summed E-state index contributed by atoms with van der Waals surface area (Å²) in [6.45, 7) is 2.96. The van der Waals surface area contributed by atoms with E-state index in [0.29, 0.717) is 5.56 Å². The monoisotopic (exact) mass is 444 g/mol. The topological polar surface area (TPSA) is 53.4 Å². The molecule has 1 aromatic carbocycles. The molecule has 132 valence electrons. The molecule has 2 heterocycles. The van der Waals surface area contributed by atoms with Gasteiger partial charge in [0.2, 0.25) is 4.80 Å². The Hall–Kier alpha value is -2.01. The quantitative estimate of drug-likeness (QED) is 0.365. The maximum absolute atomic E-state index is 8.91. The van der Waals surface area contributed by atoms with Crippen molar-refractivity contribution >= 4 is 44.8 Å². The number of aromatic nitrogens is 1. The second-order valence-electron chi connectivity index (χ2n) is 5.53. The Labute approximate surface area is 168 Å². The van der Waals surface area contributed by atoms with Crippen LogP contribution in [0.15, 0.2) is 55.7 Å². The van der Waals surface area contributed by atoms with E-state index in [1.165, 1.54) is 0 Å². The van der Waals surface area contributed by atoms with Crippen LogP contribution in [0, 0.1) is 11.3 Å². The number of hydrogen-bond acceptors (Lipinski definition) is 5. The van der Waals surface area contributed by atoms with Gasteiger partial charge in [-0.1, -0.05) is 25.5 Å². The van der Waals surface area contributed by atoms with Crippen molar-refractivity contribution in [3.63, 3.8) is 0 Å². The summed E-state index contributed by atoms with van der Waals surface area (Å²) in [6.07, 6.45) is 3.99. The summed E-state index contributed by atoms with van der Waals surface area (Å²) < 4.78 is 2.99. The summed E-state index contributed by atoms with van der Waals surface area (Å²) in [5.74, 6) is 0. The summed E-state index contributed by atoms with van der Waals surface area (Å²) >= 11 is 6.80. The van der Waals surface area contributed by atoms with Crippen LogP contribution in [-0.4, -0.2) is 17.4 Å². The first-order valence-electron chi connectivity index (χ1n) is 8.22. The van der Waals surface area contributed by atoms with Crippen LogP contribution in [0.1, 0.15) is 30.9 Å². The van der Waals surface area contributed by atoms with Gasteiger partial charge in [-0.25, -0.2) is 4.68 Å². The number of nitrogens with zero attached hydrogens (tertiary/aromatic N) is 4. The number of unbranched alkanes of at least 4 members (excludes halogenated alkanes) is 1. The highest BCUT2D eigenvalue weighted by molar-refractivity contribution is 9.11. The van der Waals surface area contributed by atoms with Crippen LogP contribution in [0.25, 0.3) is 10.6 Å². The minimum Gasteiger partial charge on any atom is -0.257 e. The van der Waals surface area contributed by atoms with E-state index in [4.69, 9.17) is 10.3 Å². The largest absolute Gasteiger partial charge is 0.257 e. The molecule has 0 aliphatic rings. The van der Waals surface area contributed by atoms with Crippen LogP contribution in [0.3, 0.4) is 0 Å². The van der Waals surface area contributed by atoms with Crippen molar-refractivity contribution in [3.05, 3.63) is 61.5 Å². The Morgan fingerprint density at radius 2 is 2.04 bits per heavy atom. The van der Waals surface area contributed by atoms with E-state index in [1.54, 1.807) is 41.0 Å². The van der Waals surface area contributed by atoms with E-state index in [9.17, 15) is 0 Å². The molecule has 0 bridgehead atoms. The molecule has 0 aliphatic heterocycles. The molecule has 26 heavy (non-hydrogen) atoms. The van der Waals surface area contributed by atoms with Gasteiger partial charge in [0.1, 0.15) is 0 Å². The zero-order chi connectivity index (χ0) is 18.4. The second-order valence-corrected chi connectivity index (χ2v) is 8.83. The van der Waals surface area contributed by atoms with Crippen LogP contribution in [-0.2, 0) is 0 Å². The van der Waals surface area contributed by atoms with E-state index in [-0.39, 0.29) is 0 Å². The summed E-state index contributed by atoms with van der Waals surface area (Å²) in [6, 6.07) is 13.6. The molecule has 0 fully saturated rings. The van der Waals surface area contributed by atoms with Crippen LogP contribution in [0.4, 0.5) is 0 Å². The maximum atomic E-state index is 8.91. The van der Waals surface area contributed by atoms with Gasteiger partial charge in [-0.05, 0) is 52.2 Å². The van der Waals surface area contributed by atoms with Gasteiger partial charge in [-0.2, -0.15) is 10.4 Å². The van der Waals surface area contributed by atoms with E-state index in [2.05, 4.69) is 45.5 Å². The highest BCUT2D eigenvalue weighted by Crippen LogP contribution is 2.31. The van der Waals surface area contributed by atoms with Crippen LogP contribution in [0.5, 0.6) is 0 Å². The average molecular weight is 445 g/mol. The molecular formula is C19H17BrN4S2. The molecule has 0 aliphatic carbocycles. The summed E-state index contributed by atoms with van der Waals surface area (Å²) in [4.78, 5) is 6.74. The first-order chi connectivity index (χ1) is 12.7. The lowest BCUT2D eigenvalue weighted by atomic mass is 10.2. The van der Waals surface area contributed by atoms with Crippen molar-refractivity contribution in [3.8, 4) is 16.6 Å². The molecule has 2 aromatic heterocycles. The van der Waals surface area contributed by atoms with E-state index in [1.807, 2.05) is 22.9 Å². The molecule has 0 N–H and O–H groups in total. The summed E-state index contributed by atoms with van der Waals surface area (Å²) in [5.41, 5.74) is 2.62. The number of benzene rings is 1. The third-order valence-electron chi connectivity index (χ3n) is 3.63. The number of halogens is 1. The number of rotatable bonds is 6. The standard InChI is InChI=1S/C19H17BrN4S2/c1-2-3-10-22-19-24(16(13-25-19)17-8-9-18(20)26-17)23-12-15-6-4-14(11-21)5-7-15/h4-9,12-13H,2-3,10H2,1H3/b22-19?,23-12+. The van der Waals surface area contributed by atoms with Gasteiger partial charge in [-0.15, -0.1) is 22.7 Å². The third kappa shape index (κ3) is 4.58. The molecular weight excluding hydrogens is 428 g/mol. The van der Waals surface area contributed by atoms with Gasteiger partial charge < -0.3 is 0 Å². The van der Waals surface area contributed by atoms with Gasteiger partial charge in [0.25, 0.3) is 0 Å².